The maximum atomic E-state index is 5.82. The number of allylic oxidation sites excluding steroid dienone is 1. The Hall–Kier alpha value is -1.55. The summed E-state index contributed by atoms with van der Waals surface area (Å²) in [4.78, 5) is 0. The predicted octanol–water partition coefficient (Wildman–Crippen LogP) is 3.21. The van der Waals surface area contributed by atoms with Gasteiger partial charge in [-0.3, -0.25) is 5.10 Å². The monoisotopic (exact) mass is 277 g/mol. The van der Waals surface area contributed by atoms with Gasteiger partial charge in [-0.2, -0.15) is 5.10 Å². The quantitative estimate of drug-likeness (QED) is 0.886. The van der Waals surface area contributed by atoms with Gasteiger partial charge in [-0.15, -0.1) is 0 Å². The van der Waals surface area contributed by atoms with Crippen molar-refractivity contribution in [1.29, 1.82) is 0 Å². The third-order valence-electron chi connectivity index (χ3n) is 2.38. The van der Waals surface area contributed by atoms with E-state index < -0.39 is 0 Å². The van der Waals surface area contributed by atoms with E-state index in [-0.39, 0.29) is 0 Å². The summed E-state index contributed by atoms with van der Waals surface area (Å²) in [6, 6.07) is 8.10. The minimum atomic E-state index is 0.591. The van der Waals surface area contributed by atoms with Crippen LogP contribution in [0.2, 0.25) is 0 Å². The van der Waals surface area contributed by atoms with Crippen LogP contribution in [-0.4, -0.2) is 10.2 Å². The van der Waals surface area contributed by atoms with Crippen LogP contribution in [0.25, 0.3) is 5.57 Å². The van der Waals surface area contributed by atoms with E-state index in [0.29, 0.717) is 5.82 Å². The first-order chi connectivity index (χ1) is 7.72. The summed E-state index contributed by atoms with van der Waals surface area (Å²) in [5.41, 5.74) is 8.95. The van der Waals surface area contributed by atoms with Crippen molar-refractivity contribution >= 4 is 27.3 Å². The van der Waals surface area contributed by atoms with Crippen LogP contribution in [0.15, 0.2) is 41.0 Å². The van der Waals surface area contributed by atoms with Gasteiger partial charge in [-0.25, -0.2) is 0 Å². The highest BCUT2D eigenvalue weighted by molar-refractivity contribution is 9.10. The molecule has 0 fully saturated rings. The second-order valence-corrected chi connectivity index (χ2v) is 4.33. The van der Waals surface area contributed by atoms with Gasteiger partial charge < -0.3 is 5.73 Å². The Bertz CT molecular complexity index is 529. The molecule has 0 saturated heterocycles. The lowest BCUT2D eigenvalue weighted by molar-refractivity contribution is 1.10. The van der Waals surface area contributed by atoms with E-state index in [9.17, 15) is 0 Å². The van der Waals surface area contributed by atoms with Crippen molar-refractivity contribution in [1.82, 2.24) is 10.2 Å². The number of aromatic nitrogens is 2. The largest absolute Gasteiger partial charge is 0.384 e. The molecule has 0 aliphatic carbocycles. The molecule has 0 bridgehead atoms. The van der Waals surface area contributed by atoms with Crippen LogP contribution in [0.5, 0.6) is 0 Å². The number of halogens is 1. The van der Waals surface area contributed by atoms with Gasteiger partial charge in [0.25, 0.3) is 0 Å². The summed E-state index contributed by atoms with van der Waals surface area (Å²) in [5, 5.41) is 6.68. The highest BCUT2D eigenvalue weighted by atomic mass is 79.9. The van der Waals surface area contributed by atoms with Crippen LogP contribution in [0.1, 0.15) is 18.1 Å². The van der Waals surface area contributed by atoms with E-state index in [0.717, 1.165) is 21.2 Å². The standard InChI is InChI=1S/C12H12BrN3/c1-2-10(11-7-15-16-12(11)14)8-4-3-5-9(13)6-8/h2-7H,1H3,(H3,14,15,16). The lowest BCUT2D eigenvalue weighted by Gasteiger charge is -2.06. The van der Waals surface area contributed by atoms with Crippen molar-refractivity contribution in [3.63, 3.8) is 0 Å². The number of aromatic amines is 1. The third kappa shape index (κ3) is 2.02. The van der Waals surface area contributed by atoms with Gasteiger partial charge in [0.15, 0.2) is 0 Å². The lowest BCUT2D eigenvalue weighted by Crippen LogP contribution is -1.92. The van der Waals surface area contributed by atoms with Crippen molar-refractivity contribution in [3.05, 3.63) is 52.1 Å². The number of nitrogens with one attached hydrogen (secondary N) is 1. The molecule has 1 aromatic carbocycles. The van der Waals surface area contributed by atoms with Crippen molar-refractivity contribution < 1.29 is 0 Å². The van der Waals surface area contributed by atoms with Crippen molar-refractivity contribution in [2.45, 2.75) is 6.92 Å². The summed E-state index contributed by atoms with van der Waals surface area (Å²) in [6.07, 6.45) is 3.77. The fourth-order valence-electron chi connectivity index (χ4n) is 1.64. The van der Waals surface area contributed by atoms with Crippen LogP contribution in [0.3, 0.4) is 0 Å². The molecule has 1 aromatic heterocycles. The third-order valence-corrected chi connectivity index (χ3v) is 2.88. The zero-order chi connectivity index (χ0) is 11.5. The molecule has 3 nitrogen and oxygen atoms in total. The zero-order valence-corrected chi connectivity index (χ0v) is 10.5. The molecule has 0 radical (unpaired) electrons. The molecule has 82 valence electrons. The Morgan fingerprint density at radius 1 is 1.50 bits per heavy atom. The molecular weight excluding hydrogens is 266 g/mol. The van der Waals surface area contributed by atoms with E-state index >= 15 is 0 Å². The summed E-state index contributed by atoms with van der Waals surface area (Å²) >= 11 is 3.46. The molecule has 4 heteroatoms. The molecule has 1 heterocycles. The minimum Gasteiger partial charge on any atom is -0.384 e. The molecule has 16 heavy (non-hydrogen) atoms. The Morgan fingerprint density at radius 3 is 2.88 bits per heavy atom. The minimum absolute atomic E-state index is 0.591. The van der Waals surface area contributed by atoms with Crippen LogP contribution in [0, 0.1) is 0 Å². The number of nitrogens with zero attached hydrogens (tertiary/aromatic N) is 1. The SMILES string of the molecule is CC=C(c1cccc(Br)c1)c1cn[nH]c1N. The predicted molar refractivity (Wildman–Crippen MR) is 69.9 cm³/mol. The molecule has 2 rings (SSSR count). The number of nitrogens with two attached hydrogens (primary N) is 1. The summed E-state index contributed by atoms with van der Waals surface area (Å²) in [6.45, 7) is 1.99. The average Bonchev–Trinajstić information content (AvgIpc) is 2.67. The van der Waals surface area contributed by atoms with Gasteiger partial charge in [-0.05, 0) is 30.2 Å². The number of benzene rings is 1. The molecule has 0 aliphatic heterocycles. The van der Waals surface area contributed by atoms with Crippen LogP contribution in [-0.2, 0) is 0 Å². The van der Waals surface area contributed by atoms with E-state index in [1.165, 1.54) is 0 Å². The fraction of sp³-hybridized carbons (Fsp3) is 0.0833. The van der Waals surface area contributed by atoms with Crippen molar-refractivity contribution in [2.75, 3.05) is 5.73 Å². The number of hydrogen-bond acceptors (Lipinski definition) is 2. The van der Waals surface area contributed by atoms with E-state index in [2.05, 4.69) is 32.2 Å². The number of anilines is 1. The maximum absolute atomic E-state index is 5.82. The van der Waals surface area contributed by atoms with Gasteiger partial charge in [0.2, 0.25) is 0 Å². The van der Waals surface area contributed by atoms with E-state index in [4.69, 9.17) is 5.73 Å². The van der Waals surface area contributed by atoms with Gasteiger partial charge >= 0.3 is 0 Å². The first-order valence-corrected chi connectivity index (χ1v) is 5.73. The number of H-pyrrole nitrogens is 1. The molecule has 0 atom stereocenters. The fourth-order valence-corrected chi connectivity index (χ4v) is 2.04. The highest BCUT2D eigenvalue weighted by Crippen LogP contribution is 2.27. The molecule has 0 aliphatic rings. The summed E-state index contributed by atoms with van der Waals surface area (Å²) < 4.78 is 1.05. The number of rotatable bonds is 2. The Morgan fingerprint density at radius 2 is 2.31 bits per heavy atom. The average molecular weight is 278 g/mol. The van der Waals surface area contributed by atoms with Gasteiger partial charge in [0, 0.05) is 10.0 Å². The molecule has 0 amide bonds. The Kier molecular flexibility index (Phi) is 3.10. The Labute approximate surface area is 102 Å². The second kappa shape index (κ2) is 4.53. The van der Waals surface area contributed by atoms with Crippen LogP contribution in [0.4, 0.5) is 5.82 Å². The van der Waals surface area contributed by atoms with Crippen LogP contribution >= 0.6 is 15.9 Å². The van der Waals surface area contributed by atoms with Crippen molar-refractivity contribution in [3.8, 4) is 0 Å². The number of hydrogen-bond donors (Lipinski definition) is 2. The first kappa shape index (κ1) is 11.0. The highest BCUT2D eigenvalue weighted by Gasteiger charge is 2.09. The number of nitrogen functional groups attached to an aromatic ring is 1. The summed E-state index contributed by atoms with van der Waals surface area (Å²) in [5.74, 6) is 0.591. The molecular formula is C12H12BrN3. The maximum Gasteiger partial charge on any atom is 0.126 e. The molecule has 0 saturated carbocycles. The van der Waals surface area contributed by atoms with Gasteiger partial charge in [0.1, 0.15) is 5.82 Å². The normalized spacial score (nSPS) is 11.8. The van der Waals surface area contributed by atoms with Crippen molar-refractivity contribution in [2.24, 2.45) is 0 Å². The second-order valence-electron chi connectivity index (χ2n) is 3.41. The first-order valence-electron chi connectivity index (χ1n) is 4.94. The smallest absolute Gasteiger partial charge is 0.126 e. The van der Waals surface area contributed by atoms with E-state index in [1.807, 2.05) is 31.2 Å². The molecule has 0 unspecified atom stereocenters. The van der Waals surface area contributed by atoms with Crippen LogP contribution < -0.4 is 5.73 Å². The summed E-state index contributed by atoms with van der Waals surface area (Å²) in [7, 11) is 0. The molecule has 3 N–H and O–H groups in total. The Balaban J connectivity index is 2.50. The zero-order valence-electron chi connectivity index (χ0n) is 8.87. The lowest BCUT2D eigenvalue weighted by atomic mass is 10.00. The van der Waals surface area contributed by atoms with Gasteiger partial charge in [0.05, 0.1) is 6.20 Å². The van der Waals surface area contributed by atoms with Gasteiger partial charge in [-0.1, -0.05) is 34.1 Å². The van der Waals surface area contributed by atoms with E-state index in [1.54, 1.807) is 6.20 Å². The molecule has 0 spiro atoms. The topological polar surface area (TPSA) is 54.7 Å². The molecule has 2 aromatic rings.